The van der Waals surface area contributed by atoms with Gasteiger partial charge in [-0.15, -0.1) is 11.8 Å². The summed E-state index contributed by atoms with van der Waals surface area (Å²) in [7, 11) is 0. The number of aryl methyl sites for hydroxylation is 1. The predicted octanol–water partition coefficient (Wildman–Crippen LogP) is 3.49. The van der Waals surface area contributed by atoms with Gasteiger partial charge in [0.1, 0.15) is 5.76 Å². The number of thioether (sulfide) groups is 1. The van der Waals surface area contributed by atoms with Crippen LogP contribution in [0.3, 0.4) is 0 Å². The minimum Gasteiger partial charge on any atom is -0.468 e. The van der Waals surface area contributed by atoms with E-state index in [1.165, 1.54) is 5.56 Å². The van der Waals surface area contributed by atoms with Gasteiger partial charge in [0, 0.05) is 12.2 Å². The SMILES string of the molecule is O=C(CSCc1ccco1)N1CCCc2ccccc21. The van der Waals surface area contributed by atoms with Crippen LogP contribution in [-0.2, 0) is 17.0 Å². The Morgan fingerprint density at radius 2 is 2.15 bits per heavy atom. The van der Waals surface area contributed by atoms with Crippen LogP contribution in [0.5, 0.6) is 0 Å². The van der Waals surface area contributed by atoms with E-state index in [9.17, 15) is 4.79 Å². The summed E-state index contributed by atoms with van der Waals surface area (Å²) in [5.74, 6) is 2.35. The maximum atomic E-state index is 12.4. The van der Waals surface area contributed by atoms with E-state index < -0.39 is 0 Å². The fourth-order valence-electron chi connectivity index (χ4n) is 2.50. The lowest BCUT2D eigenvalue weighted by Crippen LogP contribution is -2.36. The number of hydrogen-bond donors (Lipinski definition) is 0. The largest absolute Gasteiger partial charge is 0.468 e. The zero-order valence-electron chi connectivity index (χ0n) is 11.2. The highest BCUT2D eigenvalue weighted by Gasteiger charge is 2.21. The predicted molar refractivity (Wildman–Crippen MR) is 82.0 cm³/mol. The number of furan rings is 1. The third kappa shape index (κ3) is 2.90. The zero-order valence-corrected chi connectivity index (χ0v) is 12.1. The van der Waals surface area contributed by atoms with E-state index >= 15 is 0 Å². The maximum Gasteiger partial charge on any atom is 0.236 e. The Morgan fingerprint density at radius 3 is 3.00 bits per heavy atom. The smallest absolute Gasteiger partial charge is 0.236 e. The molecule has 3 rings (SSSR count). The third-order valence-corrected chi connectivity index (χ3v) is 4.40. The first-order valence-electron chi connectivity index (χ1n) is 6.83. The van der Waals surface area contributed by atoms with Gasteiger partial charge in [0.05, 0.1) is 17.8 Å². The van der Waals surface area contributed by atoms with E-state index in [0.29, 0.717) is 5.75 Å². The summed E-state index contributed by atoms with van der Waals surface area (Å²) in [6.45, 7) is 0.831. The van der Waals surface area contributed by atoms with Gasteiger partial charge in [0.2, 0.25) is 5.91 Å². The van der Waals surface area contributed by atoms with Crippen LogP contribution in [0.15, 0.2) is 47.1 Å². The van der Waals surface area contributed by atoms with Crippen LogP contribution < -0.4 is 4.90 Å². The molecule has 1 aliphatic rings. The number of para-hydroxylation sites is 1. The standard InChI is InChI=1S/C16H17NO2S/c18-16(12-20-11-14-7-4-10-19-14)17-9-3-6-13-5-1-2-8-15(13)17/h1-2,4-5,7-8,10H,3,6,9,11-12H2. The third-order valence-electron chi connectivity index (χ3n) is 3.46. The minimum absolute atomic E-state index is 0.189. The molecule has 0 bridgehead atoms. The Bertz CT molecular complexity index is 580. The van der Waals surface area contributed by atoms with Crippen LogP contribution in [0.25, 0.3) is 0 Å². The van der Waals surface area contributed by atoms with Crippen molar-refractivity contribution in [1.82, 2.24) is 0 Å². The second kappa shape index (κ2) is 6.18. The lowest BCUT2D eigenvalue weighted by molar-refractivity contribution is -0.116. The van der Waals surface area contributed by atoms with E-state index in [-0.39, 0.29) is 5.91 Å². The Hall–Kier alpha value is -1.68. The monoisotopic (exact) mass is 287 g/mol. The van der Waals surface area contributed by atoms with Gasteiger partial charge in [-0.3, -0.25) is 4.79 Å². The van der Waals surface area contributed by atoms with Crippen molar-refractivity contribution in [1.29, 1.82) is 0 Å². The molecule has 0 saturated carbocycles. The number of amides is 1. The Balaban J connectivity index is 1.60. The lowest BCUT2D eigenvalue weighted by Gasteiger charge is -2.29. The van der Waals surface area contributed by atoms with Crippen molar-refractivity contribution in [3.05, 3.63) is 54.0 Å². The first-order chi connectivity index (χ1) is 9.84. The molecule has 2 heterocycles. The van der Waals surface area contributed by atoms with E-state index in [2.05, 4.69) is 6.07 Å². The number of carbonyl (C=O) groups is 1. The second-order valence-corrected chi connectivity index (χ2v) is 5.84. The van der Waals surface area contributed by atoms with E-state index in [4.69, 9.17) is 4.42 Å². The number of nitrogens with zero attached hydrogens (tertiary/aromatic N) is 1. The molecule has 2 aromatic rings. The summed E-state index contributed by atoms with van der Waals surface area (Å²) in [5.41, 5.74) is 2.37. The van der Waals surface area contributed by atoms with Crippen LogP contribution in [0, 0.1) is 0 Å². The van der Waals surface area contributed by atoms with Crippen molar-refractivity contribution in [3.63, 3.8) is 0 Å². The normalized spacial score (nSPS) is 14.1. The lowest BCUT2D eigenvalue weighted by atomic mass is 10.0. The minimum atomic E-state index is 0.189. The molecule has 0 saturated heterocycles. The molecular formula is C16H17NO2S. The molecule has 1 aromatic heterocycles. The van der Waals surface area contributed by atoms with Crippen molar-refractivity contribution < 1.29 is 9.21 Å². The highest BCUT2D eigenvalue weighted by Crippen LogP contribution is 2.27. The summed E-state index contributed by atoms with van der Waals surface area (Å²) < 4.78 is 5.27. The van der Waals surface area contributed by atoms with Crippen LogP contribution >= 0.6 is 11.8 Å². The first kappa shape index (κ1) is 13.3. The van der Waals surface area contributed by atoms with E-state index in [0.717, 1.165) is 36.6 Å². The second-order valence-electron chi connectivity index (χ2n) is 4.85. The fraction of sp³-hybridized carbons (Fsp3) is 0.312. The molecule has 0 fully saturated rings. The molecule has 3 nitrogen and oxygen atoms in total. The molecule has 1 aromatic carbocycles. The Kier molecular flexibility index (Phi) is 4.11. The van der Waals surface area contributed by atoms with Crippen molar-refractivity contribution in [2.45, 2.75) is 18.6 Å². The van der Waals surface area contributed by atoms with Gasteiger partial charge in [0.25, 0.3) is 0 Å². The molecular weight excluding hydrogens is 270 g/mol. The zero-order chi connectivity index (χ0) is 13.8. The number of rotatable bonds is 4. The fourth-order valence-corrected chi connectivity index (χ4v) is 3.30. The van der Waals surface area contributed by atoms with E-state index in [1.54, 1.807) is 18.0 Å². The molecule has 4 heteroatoms. The van der Waals surface area contributed by atoms with Gasteiger partial charge in [-0.1, -0.05) is 18.2 Å². The molecule has 0 radical (unpaired) electrons. The molecule has 1 aliphatic heterocycles. The topological polar surface area (TPSA) is 33.5 Å². The summed E-state index contributed by atoms with van der Waals surface area (Å²) in [5, 5.41) is 0. The number of carbonyl (C=O) groups excluding carboxylic acids is 1. The van der Waals surface area contributed by atoms with Crippen LogP contribution in [-0.4, -0.2) is 18.2 Å². The maximum absolute atomic E-state index is 12.4. The molecule has 0 spiro atoms. The van der Waals surface area contributed by atoms with Crippen molar-refractivity contribution in [3.8, 4) is 0 Å². The molecule has 0 atom stereocenters. The summed E-state index contributed by atoms with van der Waals surface area (Å²) >= 11 is 1.60. The molecule has 0 N–H and O–H groups in total. The van der Waals surface area contributed by atoms with Gasteiger partial charge in [0.15, 0.2) is 0 Å². The van der Waals surface area contributed by atoms with Crippen molar-refractivity contribution in [2.75, 3.05) is 17.2 Å². The first-order valence-corrected chi connectivity index (χ1v) is 7.98. The Morgan fingerprint density at radius 1 is 1.25 bits per heavy atom. The quantitative estimate of drug-likeness (QED) is 0.863. The average Bonchev–Trinajstić information content (AvgIpc) is 3.00. The average molecular weight is 287 g/mol. The van der Waals surface area contributed by atoms with Crippen molar-refractivity contribution in [2.24, 2.45) is 0 Å². The highest BCUT2D eigenvalue weighted by molar-refractivity contribution is 7.99. The van der Waals surface area contributed by atoms with Crippen LogP contribution in [0.1, 0.15) is 17.7 Å². The van der Waals surface area contributed by atoms with Gasteiger partial charge in [-0.2, -0.15) is 0 Å². The molecule has 20 heavy (non-hydrogen) atoms. The van der Waals surface area contributed by atoms with E-state index in [1.807, 2.05) is 35.2 Å². The summed E-state index contributed by atoms with van der Waals surface area (Å²) in [6, 6.07) is 12.0. The highest BCUT2D eigenvalue weighted by atomic mass is 32.2. The molecule has 0 aliphatic carbocycles. The van der Waals surface area contributed by atoms with Gasteiger partial charge in [-0.25, -0.2) is 0 Å². The summed E-state index contributed by atoms with van der Waals surface area (Å²) in [4.78, 5) is 14.3. The van der Waals surface area contributed by atoms with Gasteiger partial charge >= 0.3 is 0 Å². The van der Waals surface area contributed by atoms with Crippen molar-refractivity contribution >= 4 is 23.4 Å². The molecule has 1 amide bonds. The van der Waals surface area contributed by atoms with Crippen LogP contribution in [0.2, 0.25) is 0 Å². The number of anilines is 1. The molecule has 104 valence electrons. The Labute approximate surface area is 123 Å². The number of fused-ring (bicyclic) bond motifs is 1. The van der Waals surface area contributed by atoms with Crippen LogP contribution in [0.4, 0.5) is 5.69 Å². The number of hydrogen-bond acceptors (Lipinski definition) is 3. The summed E-state index contributed by atoms with van der Waals surface area (Å²) in [6.07, 6.45) is 3.78. The number of benzene rings is 1. The van der Waals surface area contributed by atoms with Gasteiger partial charge in [-0.05, 0) is 36.6 Å². The molecule has 0 unspecified atom stereocenters. The van der Waals surface area contributed by atoms with Gasteiger partial charge < -0.3 is 9.32 Å².